The summed E-state index contributed by atoms with van der Waals surface area (Å²) in [7, 11) is 0. The average molecular weight is 436 g/mol. The molecule has 1 saturated heterocycles. The van der Waals surface area contributed by atoms with Gasteiger partial charge in [0.1, 0.15) is 5.82 Å². The highest BCUT2D eigenvalue weighted by molar-refractivity contribution is 5.78. The van der Waals surface area contributed by atoms with Gasteiger partial charge in [0, 0.05) is 26.2 Å². The minimum absolute atomic E-state index is 0.0130. The van der Waals surface area contributed by atoms with Gasteiger partial charge in [-0.1, -0.05) is 42.5 Å². The van der Waals surface area contributed by atoms with Crippen molar-refractivity contribution in [1.82, 2.24) is 24.6 Å². The van der Waals surface area contributed by atoms with E-state index in [1.807, 2.05) is 18.2 Å². The fourth-order valence-electron chi connectivity index (χ4n) is 4.71. The molecule has 0 unspecified atom stereocenters. The number of hydrogen-bond acceptors (Lipinski definition) is 5. The number of halogens is 1. The number of carbonyl (C=O) groups excluding carboxylic acids is 1. The van der Waals surface area contributed by atoms with E-state index in [0.29, 0.717) is 38.2 Å². The van der Waals surface area contributed by atoms with Crippen molar-refractivity contribution in [2.75, 3.05) is 13.1 Å². The fraction of sp³-hybridized carbons (Fsp3) is 0.375. The van der Waals surface area contributed by atoms with Crippen LogP contribution in [-0.2, 0) is 30.8 Å². The number of amides is 1. The zero-order chi connectivity index (χ0) is 22.1. The summed E-state index contributed by atoms with van der Waals surface area (Å²) >= 11 is 0. The van der Waals surface area contributed by atoms with Gasteiger partial charge in [0.25, 0.3) is 0 Å². The second-order valence-electron chi connectivity index (χ2n) is 8.57. The zero-order valence-corrected chi connectivity index (χ0v) is 17.8. The van der Waals surface area contributed by atoms with Crippen LogP contribution in [0.25, 0.3) is 0 Å². The second-order valence-corrected chi connectivity index (χ2v) is 8.57. The predicted molar refractivity (Wildman–Crippen MR) is 116 cm³/mol. The van der Waals surface area contributed by atoms with Crippen molar-refractivity contribution in [2.24, 2.45) is 0 Å². The summed E-state index contributed by atoms with van der Waals surface area (Å²) in [5, 5.41) is 19.2. The lowest BCUT2D eigenvalue weighted by Crippen LogP contribution is -2.40. The minimum atomic E-state index is -0.399. The highest BCUT2D eigenvalue weighted by Crippen LogP contribution is 2.33. The number of likely N-dealkylation sites (tertiary alicyclic amines) is 1. The fourth-order valence-corrected chi connectivity index (χ4v) is 4.71. The van der Waals surface area contributed by atoms with Gasteiger partial charge in [-0.15, -0.1) is 10.2 Å². The molecule has 0 saturated carbocycles. The molecule has 2 aliphatic heterocycles. The van der Waals surface area contributed by atoms with E-state index in [1.54, 1.807) is 17.0 Å². The standard InChI is InChI=1S/C24H26FN5O2/c25-19-8-4-7-18(11-19)12-23(32)28-9-10-30-22(16-28)26-27-24(30)21-13-20(31)15-29(21)14-17-5-2-1-3-6-17/h1-8,11,20-21,31H,9-10,12-16H2/t20-,21+/m1/s1. The van der Waals surface area contributed by atoms with Crippen LogP contribution in [0.5, 0.6) is 0 Å². The van der Waals surface area contributed by atoms with Gasteiger partial charge in [-0.2, -0.15) is 0 Å². The molecule has 0 spiro atoms. The molecule has 2 aromatic carbocycles. The Hall–Kier alpha value is -3.10. The van der Waals surface area contributed by atoms with Crippen LogP contribution >= 0.6 is 0 Å². The van der Waals surface area contributed by atoms with E-state index in [9.17, 15) is 14.3 Å². The predicted octanol–water partition coefficient (Wildman–Crippen LogP) is 2.31. The number of rotatable bonds is 5. The van der Waals surface area contributed by atoms with Gasteiger partial charge in [0.2, 0.25) is 5.91 Å². The maximum absolute atomic E-state index is 13.4. The van der Waals surface area contributed by atoms with E-state index in [-0.39, 0.29) is 24.2 Å². The van der Waals surface area contributed by atoms with Crippen molar-refractivity contribution in [3.05, 3.63) is 83.2 Å². The van der Waals surface area contributed by atoms with Crippen molar-refractivity contribution >= 4 is 5.91 Å². The van der Waals surface area contributed by atoms with Crippen molar-refractivity contribution in [3.63, 3.8) is 0 Å². The summed E-state index contributed by atoms with van der Waals surface area (Å²) in [5.74, 6) is 1.22. The normalized spacial score (nSPS) is 21.0. The number of aliphatic hydroxyl groups excluding tert-OH is 1. The molecule has 7 nitrogen and oxygen atoms in total. The second kappa shape index (κ2) is 8.80. The first kappa shape index (κ1) is 20.8. The van der Waals surface area contributed by atoms with E-state index in [4.69, 9.17) is 0 Å². The Morgan fingerprint density at radius 1 is 1.06 bits per heavy atom. The van der Waals surface area contributed by atoms with Gasteiger partial charge >= 0.3 is 0 Å². The summed E-state index contributed by atoms with van der Waals surface area (Å²) < 4.78 is 15.5. The molecule has 32 heavy (non-hydrogen) atoms. The summed E-state index contributed by atoms with van der Waals surface area (Å²) in [6, 6.07) is 16.3. The maximum atomic E-state index is 13.4. The maximum Gasteiger partial charge on any atom is 0.227 e. The summed E-state index contributed by atoms with van der Waals surface area (Å²) in [4.78, 5) is 16.8. The Bertz CT molecular complexity index is 1100. The van der Waals surface area contributed by atoms with Gasteiger partial charge in [0.15, 0.2) is 11.6 Å². The molecule has 3 heterocycles. The zero-order valence-electron chi connectivity index (χ0n) is 17.8. The Balaban J connectivity index is 1.30. The highest BCUT2D eigenvalue weighted by atomic mass is 19.1. The summed E-state index contributed by atoms with van der Waals surface area (Å²) in [5.41, 5.74) is 1.86. The van der Waals surface area contributed by atoms with Crippen LogP contribution in [0.4, 0.5) is 4.39 Å². The molecule has 0 bridgehead atoms. The number of nitrogens with zero attached hydrogens (tertiary/aromatic N) is 5. The third-order valence-corrected chi connectivity index (χ3v) is 6.29. The molecule has 1 aromatic heterocycles. The molecule has 8 heteroatoms. The van der Waals surface area contributed by atoms with E-state index in [0.717, 1.165) is 18.2 Å². The molecular formula is C24H26FN5O2. The smallest absolute Gasteiger partial charge is 0.227 e. The van der Waals surface area contributed by atoms with Gasteiger partial charge in [-0.25, -0.2) is 4.39 Å². The summed E-state index contributed by atoms with van der Waals surface area (Å²) in [6.07, 6.45) is 0.385. The van der Waals surface area contributed by atoms with Crippen molar-refractivity contribution in [3.8, 4) is 0 Å². The molecule has 1 fully saturated rings. The van der Waals surface area contributed by atoms with Crippen LogP contribution in [0.15, 0.2) is 54.6 Å². The molecule has 2 atom stereocenters. The number of aromatic nitrogens is 3. The first-order valence-corrected chi connectivity index (χ1v) is 11.0. The SMILES string of the molecule is O=C(Cc1cccc(F)c1)N1CCn2c(nnc2[C@@H]2C[C@@H](O)CN2Cc2ccccc2)C1. The van der Waals surface area contributed by atoms with Gasteiger partial charge in [-0.05, 0) is 29.7 Å². The van der Waals surface area contributed by atoms with Crippen molar-refractivity contribution in [2.45, 2.75) is 44.6 Å². The van der Waals surface area contributed by atoms with Crippen LogP contribution in [0.1, 0.15) is 35.2 Å². The third kappa shape index (κ3) is 4.28. The summed E-state index contributed by atoms with van der Waals surface area (Å²) in [6.45, 7) is 2.89. The average Bonchev–Trinajstić information content (AvgIpc) is 3.36. The third-order valence-electron chi connectivity index (χ3n) is 6.29. The largest absolute Gasteiger partial charge is 0.392 e. The quantitative estimate of drug-likeness (QED) is 0.666. The topological polar surface area (TPSA) is 74.5 Å². The lowest BCUT2D eigenvalue weighted by atomic mass is 10.1. The molecule has 5 rings (SSSR count). The Kier molecular flexibility index (Phi) is 5.71. The van der Waals surface area contributed by atoms with Crippen LogP contribution < -0.4 is 0 Å². The molecular weight excluding hydrogens is 409 g/mol. The number of carbonyl (C=O) groups is 1. The number of fused-ring (bicyclic) bond motifs is 1. The van der Waals surface area contributed by atoms with Crippen LogP contribution in [0, 0.1) is 5.82 Å². The highest BCUT2D eigenvalue weighted by Gasteiger charge is 2.37. The molecule has 2 aliphatic rings. The van der Waals surface area contributed by atoms with Crippen molar-refractivity contribution < 1.29 is 14.3 Å². The minimum Gasteiger partial charge on any atom is -0.392 e. The molecule has 166 valence electrons. The van der Waals surface area contributed by atoms with E-state index in [2.05, 4.69) is 31.8 Å². The Morgan fingerprint density at radius 3 is 2.69 bits per heavy atom. The lowest BCUT2D eigenvalue weighted by Gasteiger charge is -2.30. The van der Waals surface area contributed by atoms with E-state index < -0.39 is 6.10 Å². The van der Waals surface area contributed by atoms with Crippen LogP contribution in [0.3, 0.4) is 0 Å². The number of benzene rings is 2. The van der Waals surface area contributed by atoms with Gasteiger partial charge in [-0.3, -0.25) is 9.69 Å². The van der Waals surface area contributed by atoms with E-state index >= 15 is 0 Å². The first-order chi connectivity index (χ1) is 15.6. The molecule has 1 N–H and O–H groups in total. The van der Waals surface area contributed by atoms with Crippen LogP contribution in [-0.4, -0.2) is 54.8 Å². The van der Waals surface area contributed by atoms with Gasteiger partial charge in [0.05, 0.1) is 25.1 Å². The monoisotopic (exact) mass is 435 g/mol. The van der Waals surface area contributed by atoms with E-state index in [1.165, 1.54) is 17.7 Å². The van der Waals surface area contributed by atoms with Crippen LogP contribution in [0.2, 0.25) is 0 Å². The number of β-amino-alcohol motifs (C(OH)–C–C–N with tert-alkyl or cyclic N) is 1. The first-order valence-electron chi connectivity index (χ1n) is 11.0. The molecule has 0 aliphatic carbocycles. The Labute approximate surface area is 186 Å². The lowest BCUT2D eigenvalue weighted by molar-refractivity contribution is -0.132. The number of hydrogen-bond donors (Lipinski definition) is 1. The molecule has 3 aromatic rings. The Morgan fingerprint density at radius 2 is 1.88 bits per heavy atom. The molecule has 0 radical (unpaired) electrons. The van der Waals surface area contributed by atoms with Crippen molar-refractivity contribution in [1.29, 1.82) is 0 Å². The number of aliphatic hydroxyl groups is 1. The molecule has 1 amide bonds. The van der Waals surface area contributed by atoms with Gasteiger partial charge < -0.3 is 14.6 Å².